The molecule has 0 spiro atoms. The molecule has 0 bridgehead atoms. The number of carboxylic acid groups (broad SMARTS) is 1. The standard InChI is InChI=1S/C15H17ClN2O2/c16-12-5-4-6-13(11(12)9-17)18-10-15(14(19)20)7-2-1-3-8-15/h4-6,18H,1-3,7-8,10H2,(H,19,20). The van der Waals surface area contributed by atoms with Gasteiger partial charge in [-0.2, -0.15) is 5.26 Å². The maximum atomic E-state index is 11.6. The molecule has 0 unspecified atom stereocenters. The third kappa shape index (κ3) is 2.88. The second-order valence-electron chi connectivity index (χ2n) is 5.27. The molecule has 0 saturated heterocycles. The molecule has 1 aromatic rings. The van der Waals surface area contributed by atoms with Crippen molar-refractivity contribution >= 4 is 23.3 Å². The summed E-state index contributed by atoms with van der Waals surface area (Å²) in [4.78, 5) is 11.6. The van der Waals surface area contributed by atoms with Crippen LogP contribution in [0.25, 0.3) is 0 Å². The summed E-state index contributed by atoms with van der Waals surface area (Å²) in [6.45, 7) is 0.331. The summed E-state index contributed by atoms with van der Waals surface area (Å²) in [5.74, 6) is -0.759. The molecule has 1 aliphatic carbocycles. The van der Waals surface area contributed by atoms with E-state index in [9.17, 15) is 9.90 Å². The molecule has 1 aromatic carbocycles. The highest BCUT2D eigenvalue weighted by Crippen LogP contribution is 2.37. The third-order valence-electron chi connectivity index (χ3n) is 4.01. The molecule has 4 nitrogen and oxygen atoms in total. The van der Waals surface area contributed by atoms with Crippen LogP contribution in [0.5, 0.6) is 0 Å². The van der Waals surface area contributed by atoms with Gasteiger partial charge in [-0.25, -0.2) is 0 Å². The first-order valence-corrected chi connectivity index (χ1v) is 7.13. The lowest BCUT2D eigenvalue weighted by molar-refractivity contribution is -0.150. The van der Waals surface area contributed by atoms with Gasteiger partial charge >= 0.3 is 5.97 Å². The highest BCUT2D eigenvalue weighted by atomic mass is 35.5. The van der Waals surface area contributed by atoms with Gasteiger partial charge in [0.1, 0.15) is 6.07 Å². The molecule has 0 atom stereocenters. The van der Waals surface area contributed by atoms with Crippen LogP contribution in [0.1, 0.15) is 37.7 Å². The van der Waals surface area contributed by atoms with E-state index >= 15 is 0 Å². The van der Waals surface area contributed by atoms with Crippen molar-refractivity contribution < 1.29 is 9.90 Å². The van der Waals surface area contributed by atoms with Gasteiger partial charge in [0.2, 0.25) is 0 Å². The van der Waals surface area contributed by atoms with Gasteiger partial charge in [0, 0.05) is 6.54 Å². The average Bonchev–Trinajstić information content (AvgIpc) is 2.46. The quantitative estimate of drug-likeness (QED) is 0.888. The van der Waals surface area contributed by atoms with Crippen LogP contribution in [0, 0.1) is 16.7 Å². The molecular formula is C15H17ClN2O2. The molecule has 0 aliphatic heterocycles. The maximum absolute atomic E-state index is 11.6. The van der Waals surface area contributed by atoms with E-state index in [0.29, 0.717) is 35.7 Å². The van der Waals surface area contributed by atoms with Crippen LogP contribution in [-0.2, 0) is 4.79 Å². The Bertz CT molecular complexity index is 545. The zero-order valence-electron chi connectivity index (χ0n) is 11.2. The summed E-state index contributed by atoms with van der Waals surface area (Å²) in [6, 6.07) is 7.21. The van der Waals surface area contributed by atoms with Gasteiger partial charge in [0.25, 0.3) is 0 Å². The van der Waals surface area contributed by atoms with Crippen molar-refractivity contribution in [3.63, 3.8) is 0 Å². The van der Waals surface area contributed by atoms with E-state index in [1.165, 1.54) is 0 Å². The van der Waals surface area contributed by atoms with Gasteiger partial charge in [-0.1, -0.05) is 36.9 Å². The van der Waals surface area contributed by atoms with Gasteiger partial charge in [-0.15, -0.1) is 0 Å². The van der Waals surface area contributed by atoms with Crippen LogP contribution in [0.2, 0.25) is 5.02 Å². The number of halogens is 1. The maximum Gasteiger partial charge on any atom is 0.311 e. The van der Waals surface area contributed by atoms with Crippen molar-refractivity contribution in [2.24, 2.45) is 5.41 Å². The molecule has 0 aromatic heterocycles. The molecule has 1 fully saturated rings. The number of carboxylic acids is 1. The lowest BCUT2D eigenvalue weighted by atomic mass is 9.74. The Morgan fingerprint density at radius 3 is 2.70 bits per heavy atom. The lowest BCUT2D eigenvalue weighted by Crippen LogP contribution is -2.39. The molecule has 0 amide bonds. The molecule has 2 N–H and O–H groups in total. The fraction of sp³-hybridized carbons (Fsp3) is 0.467. The van der Waals surface area contributed by atoms with E-state index in [0.717, 1.165) is 19.3 Å². The number of anilines is 1. The van der Waals surface area contributed by atoms with Gasteiger partial charge in [-0.05, 0) is 25.0 Å². The molecule has 0 heterocycles. The largest absolute Gasteiger partial charge is 0.481 e. The van der Waals surface area contributed by atoms with Gasteiger partial charge in [0.05, 0.1) is 21.7 Å². The molecular weight excluding hydrogens is 276 g/mol. The van der Waals surface area contributed by atoms with Crippen molar-refractivity contribution in [2.45, 2.75) is 32.1 Å². The minimum Gasteiger partial charge on any atom is -0.481 e. The molecule has 1 aliphatic rings. The van der Waals surface area contributed by atoms with E-state index < -0.39 is 11.4 Å². The van der Waals surface area contributed by atoms with E-state index in [-0.39, 0.29) is 0 Å². The second-order valence-corrected chi connectivity index (χ2v) is 5.68. The number of aliphatic carboxylic acids is 1. The summed E-state index contributed by atoms with van der Waals surface area (Å²) < 4.78 is 0. The van der Waals surface area contributed by atoms with Crippen molar-refractivity contribution in [1.29, 1.82) is 5.26 Å². The average molecular weight is 293 g/mol. The first kappa shape index (κ1) is 14.7. The number of nitrogens with zero attached hydrogens (tertiary/aromatic N) is 1. The Kier molecular flexibility index (Phi) is 4.51. The summed E-state index contributed by atoms with van der Waals surface area (Å²) in [5, 5.41) is 22.1. The van der Waals surface area contributed by atoms with Crippen molar-refractivity contribution in [1.82, 2.24) is 0 Å². The zero-order valence-corrected chi connectivity index (χ0v) is 11.9. The number of rotatable bonds is 4. The predicted molar refractivity (Wildman–Crippen MR) is 77.8 cm³/mol. The molecule has 0 radical (unpaired) electrons. The number of hydrogen-bond acceptors (Lipinski definition) is 3. The van der Waals surface area contributed by atoms with Crippen LogP contribution < -0.4 is 5.32 Å². The van der Waals surface area contributed by atoms with Gasteiger partial charge < -0.3 is 10.4 Å². The molecule has 5 heteroatoms. The molecule has 20 heavy (non-hydrogen) atoms. The molecule has 106 valence electrons. The Labute approximate surface area is 123 Å². The predicted octanol–water partition coefficient (Wildman–Crippen LogP) is 3.66. The Balaban J connectivity index is 2.17. The molecule has 2 rings (SSSR count). The first-order chi connectivity index (χ1) is 9.59. The third-order valence-corrected chi connectivity index (χ3v) is 4.32. The van der Waals surface area contributed by atoms with Crippen LogP contribution in [0.15, 0.2) is 18.2 Å². The highest BCUT2D eigenvalue weighted by Gasteiger charge is 2.39. The number of hydrogen-bond donors (Lipinski definition) is 2. The van der Waals surface area contributed by atoms with Crippen molar-refractivity contribution in [3.8, 4) is 6.07 Å². The fourth-order valence-electron chi connectivity index (χ4n) is 2.74. The van der Waals surface area contributed by atoms with E-state index in [2.05, 4.69) is 11.4 Å². The Morgan fingerprint density at radius 1 is 1.40 bits per heavy atom. The minimum absolute atomic E-state index is 0.331. The zero-order chi connectivity index (χ0) is 14.6. The fourth-order valence-corrected chi connectivity index (χ4v) is 2.96. The Hall–Kier alpha value is -1.73. The van der Waals surface area contributed by atoms with Crippen molar-refractivity contribution in [2.75, 3.05) is 11.9 Å². The van der Waals surface area contributed by atoms with Crippen LogP contribution in [0.3, 0.4) is 0 Å². The molecule has 1 saturated carbocycles. The number of benzene rings is 1. The Morgan fingerprint density at radius 2 is 2.10 bits per heavy atom. The second kappa shape index (κ2) is 6.15. The summed E-state index contributed by atoms with van der Waals surface area (Å²) in [7, 11) is 0. The smallest absolute Gasteiger partial charge is 0.311 e. The summed E-state index contributed by atoms with van der Waals surface area (Å²) in [6.07, 6.45) is 4.33. The topological polar surface area (TPSA) is 73.1 Å². The number of nitrogens with one attached hydrogen (secondary N) is 1. The SMILES string of the molecule is N#Cc1c(Cl)cccc1NCC1(C(=O)O)CCCCC1. The van der Waals surface area contributed by atoms with Crippen LogP contribution in [-0.4, -0.2) is 17.6 Å². The highest BCUT2D eigenvalue weighted by molar-refractivity contribution is 6.32. The van der Waals surface area contributed by atoms with E-state index in [1.54, 1.807) is 18.2 Å². The van der Waals surface area contributed by atoms with Crippen LogP contribution in [0.4, 0.5) is 5.69 Å². The minimum atomic E-state index is -0.759. The summed E-state index contributed by atoms with van der Waals surface area (Å²) >= 11 is 5.97. The van der Waals surface area contributed by atoms with Gasteiger partial charge in [0.15, 0.2) is 0 Å². The number of carbonyl (C=O) groups is 1. The lowest BCUT2D eigenvalue weighted by Gasteiger charge is -2.33. The van der Waals surface area contributed by atoms with Gasteiger partial charge in [-0.3, -0.25) is 4.79 Å². The summed E-state index contributed by atoms with van der Waals surface area (Å²) in [5.41, 5.74) is 0.240. The monoisotopic (exact) mass is 292 g/mol. The normalized spacial score (nSPS) is 17.2. The number of nitriles is 1. The van der Waals surface area contributed by atoms with E-state index in [4.69, 9.17) is 16.9 Å². The first-order valence-electron chi connectivity index (χ1n) is 6.75. The van der Waals surface area contributed by atoms with E-state index in [1.807, 2.05) is 0 Å². The van der Waals surface area contributed by atoms with Crippen LogP contribution >= 0.6 is 11.6 Å². The van der Waals surface area contributed by atoms with Crippen molar-refractivity contribution in [3.05, 3.63) is 28.8 Å².